The van der Waals surface area contributed by atoms with Gasteiger partial charge in [-0.05, 0) is 33.6 Å². The first-order valence-electron chi connectivity index (χ1n) is 4.61. The zero-order chi connectivity index (χ0) is 12.5. The van der Waals surface area contributed by atoms with E-state index in [0.717, 1.165) is 12.1 Å². The average Bonchev–Trinajstić information content (AvgIpc) is 2.29. The van der Waals surface area contributed by atoms with Crippen LogP contribution in [0.2, 0.25) is 0 Å². The Morgan fingerprint density at radius 3 is 2.59 bits per heavy atom. The molecule has 0 aliphatic heterocycles. The molecule has 0 N–H and O–H groups in total. The minimum Gasteiger partial charge on any atom is -0.244 e. The maximum absolute atomic E-state index is 12.5. The van der Waals surface area contributed by atoms with E-state index in [2.05, 4.69) is 25.9 Å². The number of halogens is 4. The van der Waals surface area contributed by atoms with E-state index in [4.69, 9.17) is 0 Å². The Bertz CT molecular complexity index is 540. The molecule has 88 valence electrons. The second-order valence-corrected chi connectivity index (χ2v) is 4.06. The summed E-state index contributed by atoms with van der Waals surface area (Å²) in [5, 5.41) is 0. The summed E-state index contributed by atoms with van der Waals surface area (Å²) in [6, 6.07) is 5.04. The van der Waals surface area contributed by atoms with Crippen LogP contribution in [-0.2, 0) is 6.18 Å². The number of hydrogen-bond acceptors (Lipinski definition) is 2. The Labute approximate surface area is 104 Å². The first-order chi connectivity index (χ1) is 7.98. The molecule has 0 atom stereocenters. The molecule has 1 aromatic carbocycles. The lowest BCUT2D eigenvalue weighted by Crippen LogP contribution is -2.04. The number of nitrogens with zero attached hydrogens (tertiary/aromatic N) is 2. The molecule has 0 spiro atoms. The Morgan fingerprint density at radius 1 is 1.18 bits per heavy atom. The third-order valence-electron chi connectivity index (χ3n) is 2.16. The molecular formula is C11H6BrF3N2. The number of rotatable bonds is 1. The number of aromatic nitrogens is 2. The lowest BCUT2D eigenvalue weighted by atomic mass is 10.1. The van der Waals surface area contributed by atoms with Crippen molar-refractivity contribution in [3.05, 3.63) is 47.0 Å². The van der Waals surface area contributed by atoms with Crippen molar-refractivity contribution in [2.75, 3.05) is 0 Å². The van der Waals surface area contributed by atoms with Crippen molar-refractivity contribution in [2.45, 2.75) is 6.18 Å². The Kier molecular flexibility index (Phi) is 3.15. The predicted molar refractivity (Wildman–Crippen MR) is 60.2 cm³/mol. The van der Waals surface area contributed by atoms with E-state index in [1.807, 2.05) is 0 Å². The van der Waals surface area contributed by atoms with Crippen molar-refractivity contribution in [1.82, 2.24) is 9.97 Å². The van der Waals surface area contributed by atoms with Crippen LogP contribution in [0.15, 0.2) is 41.4 Å². The van der Waals surface area contributed by atoms with Crippen LogP contribution in [0.1, 0.15) is 5.56 Å². The van der Waals surface area contributed by atoms with Gasteiger partial charge in [-0.25, -0.2) is 9.97 Å². The molecular weight excluding hydrogens is 297 g/mol. The first kappa shape index (κ1) is 12.0. The van der Waals surface area contributed by atoms with Crippen LogP contribution in [0.4, 0.5) is 13.2 Å². The fourth-order valence-corrected chi connectivity index (χ4v) is 1.79. The summed E-state index contributed by atoms with van der Waals surface area (Å²) >= 11 is 3.18. The van der Waals surface area contributed by atoms with Gasteiger partial charge in [0.1, 0.15) is 10.9 Å². The van der Waals surface area contributed by atoms with Crippen LogP contribution in [0.3, 0.4) is 0 Å². The lowest BCUT2D eigenvalue weighted by molar-refractivity contribution is -0.137. The molecule has 0 unspecified atom stereocenters. The summed E-state index contributed by atoms with van der Waals surface area (Å²) in [5.41, 5.74) is 0.261. The van der Waals surface area contributed by atoms with Gasteiger partial charge in [0.05, 0.1) is 5.56 Å². The molecule has 1 aromatic heterocycles. The highest BCUT2D eigenvalue weighted by Crippen LogP contribution is 2.33. The van der Waals surface area contributed by atoms with Gasteiger partial charge in [0.2, 0.25) is 0 Å². The third-order valence-corrected chi connectivity index (χ3v) is 2.80. The maximum Gasteiger partial charge on any atom is 0.416 e. The van der Waals surface area contributed by atoms with Gasteiger partial charge in [-0.1, -0.05) is 12.1 Å². The molecule has 0 amide bonds. The minimum absolute atomic E-state index is 0.423. The van der Waals surface area contributed by atoms with Gasteiger partial charge < -0.3 is 0 Å². The second kappa shape index (κ2) is 4.44. The summed E-state index contributed by atoms with van der Waals surface area (Å²) in [7, 11) is 0. The minimum atomic E-state index is -4.35. The van der Waals surface area contributed by atoms with Crippen molar-refractivity contribution in [3.63, 3.8) is 0 Å². The van der Waals surface area contributed by atoms with Crippen LogP contribution in [0, 0.1) is 0 Å². The number of benzene rings is 1. The largest absolute Gasteiger partial charge is 0.416 e. The summed E-state index contributed by atoms with van der Waals surface area (Å²) in [5.74, 6) is 0. The number of hydrogen-bond donors (Lipinski definition) is 0. The molecule has 0 saturated heterocycles. The van der Waals surface area contributed by atoms with Gasteiger partial charge in [-0.2, -0.15) is 13.2 Å². The highest BCUT2D eigenvalue weighted by Gasteiger charge is 2.30. The van der Waals surface area contributed by atoms with Gasteiger partial charge in [0, 0.05) is 11.8 Å². The van der Waals surface area contributed by atoms with Crippen LogP contribution < -0.4 is 0 Å². The van der Waals surface area contributed by atoms with Crippen molar-refractivity contribution in [3.8, 4) is 11.1 Å². The highest BCUT2D eigenvalue weighted by atomic mass is 79.9. The molecule has 0 fully saturated rings. The predicted octanol–water partition coefficient (Wildman–Crippen LogP) is 3.92. The van der Waals surface area contributed by atoms with Crippen molar-refractivity contribution < 1.29 is 13.2 Å². The molecule has 17 heavy (non-hydrogen) atoms. The van der Waals surface area contributed by atoms with E-state index >= 15 is 0 Å². The van der Waals surface area contributed by atoms with Crippen molar-refractivity contribution in [1.29, 1.82) is 0 Å². The van der Waals surface area contributed by atoms with Crippen LogP contribution in [-0.4, -0.2) is 9.97 Å². The quantitative estimate of drug-likeness (QED) is 0.746. The van der Waals surface area contributed by atoms with Crippen molar-refractivity contribution >= 4 is 15.9 Å². The van der Waals surface area contributed by atoms with Gasteiger partial charge in [-0.3, -0.25) is 0 Å². The standard InChI is InChI=1S/C11H6BrF3N2/c12-10-9(5-16-6-17-10)7-2-1-3-8(4-7)11(13,14)15/h1-6H. The van der Waals surface area contributed by atoms with E-state index in [-0.39, 0.29) is 0 Å². The zero-order valence-electron chi connectivity index (χ0n) is 8.37. The van der Waals surface area contributed by atoms with Crippen LogP contribution in [0.25, 0.3) is 11.1 Å². The molecule has 2 rings (SSSR count). The Hall–Kier alpha value is -1.43. The zero-order valence-corrected chi connectivity index (χ0v) is 9.96. The second-order valence-electron chi connectivity index (χ2n) is 3.31. The van der Waals surface area contributed by atoms with Gasteiger partial charge in [0.25, 0.3) is 0 Å². The summed E-state index contributed by atoms with van der Waals surface area (Å²) in [4.78, 5) is 7.66. The van der Waals surface area contributed by atoms with Crippen LogP contribution >= 0.6 is 15.9 Å². The molecule has 0 aliphatic rings. The smallest absolute Gasteiger partial charge is 0.244 e. The number of alkyl halides is 3. The molecule has 1 heterocycles. The summed E-state index contributed by atoms with van der Waals surface area (Å²) in [6.07, 6.45) is -1.56. The lowest BCUT2D eigenvalue weighted by Gasteiger charge is -2.09. The Balaban J connectivity index is 2.51. The molecule has 0 saturated carbocycles. The van der Waals surface area contributed by atoms with Crippen LogP contribution in [0.5, 0.6) is 0 Å². The SMILES string of the molecule is FC(F)(F)c1cccc(-c2cncnc2Br)c1. The average molecular weight is 303 g/mol. The topological polar surface area (TPSA) is 25.8 Å². The molecule has 6 heteroatoms. The van der Waals surface area contributed by atoms with E-state index < -0.39 is 11.7 Å². The maximum atomic E-state index is 12.5. The first-order valence-corrected chi connectivity index (χ1v) is 5.41. The van der Waals surface area contributed by atoms with E-state index in [1.54, 1.807) is 6.07 Å². The fourth-order valence-electron chi connectivity index (χ4n) is 1.37. The fraction of sp³-hybridized carbons (Fsp3) is 0.0909. The van der Waals surface area contributed by atoms with Gasteiger partial charge >= 0.3 is 6.18 Å². The molecule has 0 bridgehead atoms. The van der Waals surface area contributed by atoms with E-state index in [1.165, 1.54) is 18.6 Å². The van der Waals surface area contributed by atoms with Crippen molar-refractivity contribution in [2.24, 2.45) is 0 Å². The highest BCUT2D eigenvalue weighted by molar-refractivity contribution is 9.10. The summed E-state index contributed by atoms with van der Waals surface area (Å²) < 4.78 is 38.1. The summed E-state index contributed by atoms with van der Waals surface area (Å²) in [6.45, 7) is 0. The third kappa shape index (κ3) is 2.63. The monoisotopic (exact) mass is 302 g/mol. The normalized spacial score (nSPS) is 11.5. The van der Waals surface area contributed by atoms with Gasteiger partial charge in [0.15, 0.2) is 0 Å². The molecule has 2 aromatic rings. The van der Waals surface area contributed by atoms with Gasteiger partial charge in [-0.15, -0.1) is 0 Å². The molecule has 0 radical (unpaired) electrons. The van der Waals surface area contributed by atoms with E-state index in [9.17, 15) is 13.2 Å². The van der Waals surface area contributed by atoms with E-state index in [0.29, 0.717) is 15.7 Å². The Morgan fingerprint density at radius 2 is 1.94 bits per heavy atom. The molecule has 0 aliphatic carbocycles. The molecule has 2 nitrogen and oxygen atoms in total.